The zero-order valence-corrected chi connectivity index (χ0v) is 11.6. The van der Waals surface area contributed by atoms with Crippen LogP contribution in [0.25, 0.3) is 0 Å². The SMILES string of the molecule is COc1cc(C(C)=O)ccc1Oc1cc(Cl)nc(N)n1. The maximum Gasteiger partial charge on any atom is 0.225 e. The van der Waals surface area contributed by atoms with Gasteiger partial charge in [-0.25, -0.2) is 4.98 Å². The lowest BCUT2D eigenvalue weighted by atomic mass is 10.1. The van der Waals surface area contributed by atoms with Crippen molar-refractivity contribution in [3.05, 3.63) is 35.0 Å². The van der Waals surface area contributed by atoms with E-state index in [4.69, 9.17) is 26.8 Å². The number of methoxy groups -OCH3 is 1. The van der Waals surface area contributed by atoms with Crippen LogP contribution in [0.3, 0.4) is 0 Å². The molecule has 1 heterocycles. The van der Waals surface area contributed by atoms with Gasteiger partial charge in [0.15, 0.2) is 17.3 Å². The first kappa shape index (κ1) is 14.1. The third-order valence-electron chi connectivity index (χ3n) is 2.47. The fourth-order valence-corrected chi connectivity index (χ4v) is 1.73. The van der Waals surface area contributed by atoms with E-state index in [0.29, 0.717) is 17.1 Å². The molecule has 6 nitrogen and oxygen atoms in total. The minimum absolute atomic E-state index is 0.00632. The Balaban J connectivity index is 2.35. The summed E-state index contributed by atoms with van der Waals surface area (Å²) in [5.74, 6) is 0.935. The summed E-state index contributed by atoms with van der Waals surface area (Å²) in [5, 5.41) is 0.173. The van der Waals surface area contributed by atoms with E-state index in [0.717, 1.165) is 0 Å². The van der Waals surface area contributed by atoms with Gasteiger partial charge in [0.2, 0.25) is 11.8 Å². The van der Waals surface area contributed by atoms with Crippen LogP contribution in [-0.2, 0) is 0 Å². The Hall–Kier alpha value is -2.34. The lowest BCUT2D eigenvalue weighted by Crippen LogP contribution is -1.99. The zero-order valence-electron chi connectivity index (χ0n) is 10.9. The van der Waals surface area contributed by atoms with Gasteiger partial charge < -0.3 is 15.2 Å². The van der Waals surface area contributed by atoms with Gasteiger partial charge in [-0.1, -0.05) is 11.6 Å². The maximum absolute atomic E-state index is 11.3. The van der Waals surface area contributed by atoms with Crippen LogP contribution in [0.5, 0.6) is 17.4 Å². The molecule has 0 saturated heterocycles. The van der Waals surface area contributed by atoms with Gasteiger partial charge in [0.25, 0.3) is 0 Å². The molecule has 2 rings (SSSR count). The zero-order chi connectivity index (χ0) is 14.7. The van der Waals surface area contributed by atoms with Crippen LogP contribution in [0.4, 0.5) is 5.95 Å². The van der Waals surface area contributed by atoms with Crippen molar-refractivity contribution in [2.75, 3.05) is 12.8 Å². The first-order valence-corrected chi connectivity index (χ1v) is 6.04. The van der Waals surface area contributed by atoms with Crippen LogP contribution in [-0.4, -0.2) is 22.9 Å². The number of benzene rings is 1. The van der Waals surface area contributed by atoms with Crippen LogP contribution >= 0.6 is 11.6 Å². The van der Waals surface area contributed by atoms with Gasteiger partial charge in [-0.3, -0.25) is 4.79 Å². The van der Waals surface area contributed by atoms with Gasteiger partial charge in [-0.15, -0.1) is 0 Å². The van der Waals surface area contributed by atoms with E-state index >= 15 is 0 Å². The Morgan fingerprint density at radius 3 is 2.60 bits per heavy atom. The molecule has 7 heteroatoms. The van der Waals surface area contributed by atoms with E-state index in [9.17, 15) is 4.79 Å². The Morgan fingerprint density at radius 2 is 2.00 bits per heavy atom. The summed E-state index contributed by atoms with van der Waals surface area (Å²) in [4.78, 5) is 19.0. The summed E-state index contributed by atoms with van der Waals surface area (Å²) in [6.07, 6.45) is 0. The number of aromatic nitrogens is 2. The Kier molecular flexibility index (Phi) is 4.05. The molecule has 1 aromatic carbocycles. The van der Waals surface area contributed by atoms with Crippen LogP contribution in [0.1, 0.15) is 17.3 Å². The summed E-state index contributed by atoms with van der Waals surface area (Å²) < 4.78 is 10.7. The third kappa shape index (κ3) is 3.16. The van der Waals surface area contributed by atoms with E-state index in [1.165, 1.54) is 20.1 Å². The largest absolute Gasteiger partial charge is 0.493 e. The molecule has 0 unspecified atom stereocenters. The van der Waals surface area contributed by atoms with Gasteiger partial charge in [-0.05, 0) is 25.1 Å². The number of ether oxygens (including phenoxy) is 2. The fraction of sp³-hybridized carbons (Fsp3) is 0.154. The summed E-state index contributed by atoms with van der Waals surface area (Å²) in [7, 11) is 1.48. The molecule has 0 bridgehead atoms. The van der Waals surface area contributed by atoms with Crippen molar-refractivity contribution in [3.63, 3.8) is 0 Å². The van der Waals surface area contributed by atoms with Crippen LogP contribution < -0.4 is 15.2 Å². The number of ketones is 1. The molecule has 1 aromatic heterocycles. The first-order chi connectivity index (χ1) is 9.49. The molecular weight excluding hydrogens is 282 g/mol. The quantitative estimate of drug-likeness (QED) is 0.689. The molecule has 2 aromatic rings. The number of carbonyl (C=O) groups excluding carboxylic acids is 1. The summed E-state index contributed by atoms with van der Waals surface area (Å²) in [6.45, 7) is 1.47. The Bertz CT molecular complexity index is 641. The van der Waals surface area contributed by atoms with E-state index in [-0.39, 0.29) is 22.8 Å². The smallest absolute Gasteiger partial charge is 0.225 e. The lowest BCUT2D eigenvalue weighted by Gasteiger charge is -2.10. The standard InChI is InChI=1S/C13H12ClN3O3/c1-7(18)8-3-4-9(10(5-8)19-2)20-12-6-11(14)16-13(15)17-12/h3-6H,1-2H3,(H2,15,16,17). The van der Waals surface area contributed by atoms with Crippen LogP contribution in [0.2, 0.25) is 5.15 Å². The number of rotatable bonds is 4. The Labute approximate surface area is 120 Å². The number of hydrogen-bond donors (Lipinski definition) is 1. The molecule has 0 aliphatic rings. The van der Waals surface area contributed by atoms with Gasteiger partial charge in [-0.2, -0.15) is 4.98 Å². The molecule has 0 aliphatic carbocycles. The van der Waals surface area contributed by atoms with Crippen molar-refractivity contribution < 1.29 is 14.3 Å². The molecule has 0 radical (unpaired) electrons. The molecule has 0 fully saturated rings. The number of nitrogens with zero attached hydrogens (tertiary/aromatic N) is 2. The average Bonchev–Trinajstić information content (AvgIpc) is 2.37. The first-order valence-electron chi connectivity index (χ1n) is 5.66. The minimum Gasteiger partial charge on any atom is -0.493 e. The molecule has 0 amide bonds. The number of anilines is 1. The van der Waals surface area contributed by atoms with E-state index in [1.807, 2.05) is 0 Å². The number of carbonyl (C=O) groups is 1. The molecule has 0 saturated carbocycles. The minimum atomic E-state index is -0.0656. The number of Topliss-reactive ketones (excluding diaryl/α,β-unsaturated/α-hetero) is 1. The molecule has 20 heavy (non-hydrogen) atoms. The van der Waals surface area contributed by atoms with E-state index < -0.39 is 0 Å². The van der Waals surface area contributed by atoms with E-state index in [1.54, 1.807) is 18.2 Å². The topological polar surface area (TPSA) is 87.3 Å². The van der Waals surface area contributed by atoms with Gasteiger partial charge in [0, 0.05) is 11.6 Å². The fourth-order valence-electron chi connectivity index (χ4n) is 1.55. The highest BCUT2D eigenvalue weighted by molar-refractivity contribution is 6.29. The normalized spacial score (nSPS) is 10.2. The summed E-state index contributed by atoms with van der Waals surface area (Å²) in [5.41, 5.74) is 6.01. The van der Waals surface area contributed by atoms with Crippen molar-refractivity contribution in [2.45, 2.75) is 6.92 Å². The molecular formula is C13H12ClN3O3. The monoisotopic (exact) mass is 293 g/mol. The predicted molar refractivity (Wildman–Crippen MR) is 74.5 cm³/mol. The summed E-state index contributed by atoms with van der Waals surface area (Å²) in [6, 6.07) is 6.26. The van der Waals surface area contributed by atoms with Gasteiger partial charge in [0.05, 0.1) is 7.11 Å². The van der Waals surface area contributed by atoms with Crippen LogP contribution in [0, 0.1) is 0 Å². The summed E-state index contributed by atoms with van der Waals surface area (Å²) >= 11 is 5.77. The lowest BCUT2D eigenvalue weighted by molar-refractivity contribution is 0.101. The second kappa shape index (κ2) is 5.75. The van der Waals surface area contributed by atoms with Crippen molar-refractivity contribution in [2.24, 2.45) is 0 Å². The highest BCUT2D eigenvalue weighted by atomic mass is 35.5. The number of nitrogens with two attached hydrogens (primary N) is 1. The number of halogens is 1. The maximum atomic E-state index is 11.3. The number of nitrogen functional groups attached to an aromatic ring is 1. The highest BCUT2D eigenvalue weighted by Crippen LogP contribution is 2.32. The van der Waals surface area contributed by atoms with Crippen molar-refractivity contribution in [3.8, 4) is 17.4 Å². The highest BCUT2D eigenvalue weighted by Gasteiger charge is 2.11. The van der Waals surface area contributed by atoms with Crippen molar-refractivity contribution in [1.82, 2.24) is 9.97 Å². The number of hydrogen-bond acceptors (Lipinski definition) is 6. The van der Waals surface area contributed by atoms with Gasteiger partial charge in [0.1, 0.15) is 5.15 Å². The van der Waals surface area contributed by atoms with Gasteiger partial charge >= 0.3 is 0 Å². The van der Waals surface area contributed by atoms with Crippen molar-refractivity contribution >= 4 is 23.3 Å². The van der Waals surface area contributed by atoms with Crippen LogP contribution in [0.15, 0.2) is 24.3 Å². The second-order valence-corrected chi connectivity index (χ2v) is 4.30. The predicted octanol–water partition coefficient (Wildman–Crippen LogP) is 2.72. The molecule has 0 aliphatic heterocycles. The molecule has 104 valence electrons. The van der Waals surface area contributed by atoms with Crippen molar-refractivity contribution in [1.29, 1.82) is 0 Å². The Morgan fingerprint density at radius 1 is 1.25 bits per heavy atom. The second-order valence-electron chi connectivity index (χ2n) is 3.91. The third-order valence-corrected chi connectivity index (χ3v) is 2.67. The molecule has 2 N–H and O–H groups in total. The van der Waals surface area contributed by atoms with E-state index in [2.05, 4.69) is 9.97 Å². The molecule has 0 atom stereocenters. The average molecular weight is 294 g/mol. The molecule has 0 spiro atoms.